The average molecular weight is 640 g/mol. The zero-order chi connectivity index (χ0) is 32.6. The molecule has 46 heavy (non-hydrogen) atoms. The molecule has 1 saturated carbocycles. The molecule has 9 nitrogen and oxygen atoms in total. The number of halogens is 5. The Morgan fingerprint density at radius 1 is 1.09 bits per heavy atom. The highest BCUT2D eigenvalue weighted by atomic mass is 19.4. The molecular weight excluding hydrogens is 609 g/mol. The second kappa shape index (κ2) is 12.1. The van der Waals surface area contributed by atoms with E-state index in [0.717, 1.165) is 43.7 Å². The van der Waals surface area contributed by atoms with Gasteiger partial charge in [-0.3, -0.25) is 14.3 Å². The number of nitrogen functional groups attached to an aromatic ring is 1. The van der Waals surface area contributed by atoms with E-state index in [1.165, 1.54) is 24.4 Å². The number of nitrogens with one attached hydrogen (secondary N) is 2. The lowest BCUT2D eigenvalue weighted by Gasteiger charge is -2.31. The quantitative estimate of drug-likeness (QED) is 0.212. The highest BCUT2D eigenvalue weighted by Crippen LogP contribution is 2.39. The predicted octanol–water partition coefficient (Wildman–Crippen LogP) is 6.78. The van der Waals surface area contributed by atoms with Crippen molar-refractivity contribution in [2.45, 2.75) is 69.1 Å². The molecule has 2 bridgehead atoms. The number of nitrogens with two attached hydrogens (primary N) is 1. The van der Waals surface area contributed by atoms with Crippen LogP contribution in [0.4, 0.5) is 33.6 Å². The van der Waals surface area contributed by atoms with E-state index in [1.807, 2.05) is 0 Å². The van der Waals surface area contributed by atoms with Gasteiger partial charge in [0.2, 0.25) is 5.91 Å². The number of pyridine rings is 2. The van der Waals surface area contributed by atoms with E-state index in [-0.39, 0.29) is 48.0 Å². The number of carbonyl (C=O) groups is 2. The fourth-order valence-electron chi connectivity index (χ4n) is 6.05. The highest BCUT2D eigenvalue weighted by Gasteiger charge is 2.32. The van der Waals surface area contributed by atoms with Crippen molar-refractivity contribution >= 4 is 40.4 Å². The van der Waals surface area contributed by atoms with Gasteiger partial charge in [0.15, 0.2) is 0 Å². The zero-order valence-corrected chi connectivity index (χ0v) is 24.5. The Balaban J connectivity index is 1.38. The second-order valence-corrected chi connectivity index (χ2v) is 11.6. The van der Waals surface area contributed by atoms with Crippen LogP contribution in [0.15, 0.2) is 54.9 Å². The van der Waals surface area contributed by atoms with Crippen molar-refractivity contribution in [2.24, 2.45) is 0 Å². The summed E-state index contributed by atoms with van der Waals surface area (Å²) in [5, 5.41) is 10.7. The van der Waals surface area contributed by atoms with Crippen LogP contribution >= 0.6 is 0 Å². The number of rotatable bonds is 3. The maximum atomic E-state index is 14.8. The number of anilines is 2. The van der Waals surface area contributed by atoms with E-state index < -0.39 is 30.0 Å². The van der Waals surface area contributed by atoms with Gasteiger partial charge in [-0.15, -0.1) is 0 Å². The van der Waals surface area contributed by atoms with Crippen LogP contribution in [0.1, 0.15) is 72.5 Å². The first-order valence-corrected chi connectivity index (χ1v) is 14.9. The third-order valence-electron chi connectivity index (χ3n) is 8.31. The van der Waals surface area contributed by atoms with Crippen molar-refractivity contribution in [3.05, 3.63) is 71.6 Å². The first-order valence-electron chi connectivity index (χ1n) is 14.9. The summed E-state index contributed by atoms with van der Waals surface area (Å²) in [5.41, 5.74) is 7.50. The highest BCUT2D eigenvalue weighted by molar-refractivity contribution is 6.06. The maximum absolute atomic E-state index is 14.8. The van der Waals surface area contributed by atoms with E-state index in [0.29, 0.717) is 34.1 Å². The van der Waals surface area contributed by atoms with Gasteiger partial charge < -0.3 is 16.4 Å². The van der Waals surface area contributed by atoms with Crippen molar-refractivity contribution in [1.82, 2.24) is 25.1 Å². The van der Waals surface area contributed by atoms with E-state index in [2.05, 4.69) is 20.6 Å². The number of nitrogens with zero attached hydrogens (tertiary/aromatic N) is 4. The van der Waals surface area contributed by atoms with Crippen LogP contribution in [0, 0.1) is 0 Å². The first-order chi connectivity index (χ1) is 21.9. The number of aromatic nitrogens is 4. The van der Waals surface area contributed by atoms with Crippen LogP contribution in [0.25, 0.3) is 28.2 Å². The topological polar surface area (TPSA) is 128 Å². The number of hydrogen-bond acceptors (Lipinski definition) is 6. The Kier molecular flexibility index (Phi) is 8.21. The van der Waals surface area contributed by atoms with Gasteiger partial charge in [-0.2, -0.15) is 18.3 Å². The molecule has 0 saturated heterocycles. The fraction of sp³-hybridized carbons (Fsp3) is 0.344. The number of benzene rings is 1. The molecule has 1 aliphatic carbocycles. The van der Waals surface area contributed by atoms with Crippen LogP contribution in [0.3, 0.4) is 0 Å². The molecule has 4 aromatic rings. The minimum absolute atomic E-state index is 0.0138. The predicted molar refractivity (Wildman–Crippen MR) is 162 cm³/mol. The smallest absolute Gasteiger partial charge is 0.383 e. The molecule has 0 spiro atoms. The lowest BCUT2D eigenvalue weighted by molar-refractivity contribution is -0.137. The minimum Gasteiger partial charge on any atom is -0.383 e. The van der Waals surface area contributed by atoms with Crippen LogP contribution in [0.2, 0.25) is 0 Å². The molecule has 2 aliphatic rings. The van der Waals surface area contributed by atoms with Gasteiger partial charge in [0.05, 0.1) is 22.5 Å². The summed E-state index contributed by atoms with van der Waals surface area (Å²) in [5.74, 6) is -4.19. The first kappa shape index (κ1) is 31.1. The molecule has 2 atom stereocenters. The summed E-state index contributed by atoms with van der Waals surface area (Å²) in [7, 11) is 0. The third kappa shape index (κ3) is 6.56. The summed E-state index contributed by atoms with van der Waals surface area (Å²) in [4.78, 5) is 33.5. The second-order valence-electron chi connectivity index (χ2n) is 11.6. The SMILES string of the molecule is Nc1ncc2c3c1c(-c1ccc(C(=O)Nc4cc(C(F)(F)F)ccn4)cc1)nn3[C@@H]1CCC[C@H](C1)NC(=O)CCCC(F)(F)C=C2. The molecule has 1 aromatic carbocycles. The number of carbonyl (C=O) groups excluding carboxylic acids is 2. The van der Waals surface area contributed by atoms with Crippen LogP contribution in [0.5, 0.6) is 0 Å². The molecule has 4 N–H and O–H groups in total. The Morgan fingerprint density at radius 3 is 2.63 bits per heavy atom. The van der Waals surface area contributed by atoms with E-state index in [1.54, 1.807) is 16.8 Å². The summed E-state index contributed by atoms with van der Waals surface area (Å²) in [6.07, 6.45) is 2.43. The number of amides is 2. The van der Waals surface area contributed by atoms with Crippen LogP contribution in [-0.2, 0) is 11.0 Å². The van der Waals surface area contributed by atoms with Gasteiger partial charge in [-0.25, -0.2) is 18.7 Å². The standard InChI is InChI=1S/C32H30F5N7O2/c33-31(34)12-2-5-25(45)41-22-3-1-4-23(16-22)44-28-20(10-13-31)17-40-29(38)26(28)27(43-44)18-6-8-19(9-7-18)30(46)42-24-15-21(11-14-39-24)32(35,36)37/h6-11,13-15,17,22-23H,1-5,12,16H2,(H2,38,40)(H,41,45)(H,39,42,46)/t22-,23-/m1/s1. The lowest BCUT2D eigenvalue weighted by atomic mass is 9.90. The number of fused-ring (bicyclic) bond motifs is 3. The average Bonchev–Trinajstić information content (AvgIpc) is 3.42. The van der Waals surface area contributed by atoms with Gasteiger partial charge in [0, 0.05) is 48.0 Å². The Hall–Kier alpha value is -4.88. The van der Waals surface area contributed by atoms with E-state index in [9.17, 15) is 31.5 Å². The maximum Gasteiger partial charge on any atom is 0.416 e. The largest absolute Gasteiger partial charge is 0.416 e. The Bertz CT molecular complexity index is 1820. The molecule has 3 aromatic heterocycles. The normalized spacial score (nSPS) is 20.2. The molecule has 0 radical (unpaired) electrons. The third-order valence-corrected chi connectivity index (χ3v) is 8.31. The summed E-state index contributed by atoms with van der Waals surface area (Å²) in [6, 6.07) is 7.44. The molecule has 240 valence electrons. The summed E-state index contributed by atoms with van der Waals surface area (Å²) in [6.45, 7) is 0. The molecular formula is C32H30F5N7O2. The number of allylic oxidation sites excluding steroid dienone is 1. The molecule has 1 fully saturated rings. The molecule has 4 heterocycles. The molecule has 1 aliphatic heterocycles. The Morgan fingerprint density at radius 2 is 1.87 bits per heavy atom. The van der Waals surface area contributed by atoms with Crippen molar-refractivity contribution in [2.75, 3.05) is 11.1 Å². The summed E-state index contributed by atoms with van der Waals surface area (Å²) >= 11 is 0. The van der Waals surface area contributed by atoms with Gasteiger partial charge in [0.1, 0.15) is 17.3 Å². The molecule has 0 unspecified atom stereocenters. The van der Waals surface area contributed by atoms with Gasteiger partial charge in [-0.1, -0.05) is 12.1 Å². The lowest BCUT2D eigenvalue weighted by Crippen LogP contribution is -2.39. The van der Waals surface area contributed by atoms with E-state index >= 15 is 0 Å². The van der Waals surface area contributed by atoms with Crippen molar-refractivity contribution in [3.8, 4) is 11.3 Å². The Labute approximate surface area is 260 Å². The van der Waals surface area contributed by atoms with Crippen molar-refractivity contribution < 1.29 is 31.5 Å². The van der Waals surface area contributed by atoms with Gasteiger partial charge in [0.25, 0.3) is 11.8 Å². The van der Waals surface area contributed by atoms with Crippen molar-refractivity contribution in [1.29, 1.82) is 0 Å². The van der Waals surface area contributed by atoms with Crippen molar-refractivity contribution in [3.63, 3.8) is 0 Å². The molecule has 6 rings (SSSR count). The van der Waals surface area contributed by atoms with E-state index in [4.69, 9.17) is 10.8 Å². The minimum atomic E-state index is -4.59. The van der Waals surface area contributed by atoms with Crippen LogP contribution in [-0.4, -0.2) is 43.5 Å². The van der Waals surface area contributed by atoms with Crippen LogP contribution < -0.4 is 16.4 Å². The number of alkyl halides is 5. The fourth-order valence-corrected chi connectivity index (χ4v) is 6.05. The molecule has 14 heteroatoms. The summed E-state index contributed by atoms with van der Waals surface area (Å²) < 4.78 is 70.6. The zero-order valence-electron chi connectivity index (χ0n) is 24.5. The van der Waals surface area contributed by atoms with Gasteiger partial charge >= 0.3 is 6.18 Å². The van der Waals surface area contributed by atoms with Gasteiger partial charge in [-0.05, 0) is 68.5 Å². The monoisotopic (exact) mass is 639 g/mol. The molecule has 2 amide bonds. The number of hydrogen-bond donors (Lipinski definition) is 3.